The Morgan fingerprint density at radius 1 is 1.18 bits per heavy atom. The van der Waals surface area contributed by atoms with E-state index in [0.717, 1.165) is 0 Å². The van der Waals surface area contributed by atoms with E-state index in [4.69, 9.17) is 16.0 Å². The number of hydrogen-bond acceptors (Lipinski definition) is 5. The van der Waals surface area contributed by atoms with E-state index in [0.29, 0.717) is 17.3 Å². The molecule has 28 heavy (non-hydrogen) atoms. The summed E-state index contributed by atoms with van der Waals surface area (Å²) in [6.45, 7) is 0.324. The van der Waals surface area contributed by atoms with Crippen molar-refractivity contribution in [2.45, 2.75) is 12.3 Å². The fraction of sp³-hybridized carbons (Fsp3) is 0.158. The van der Waals surface area contributed by atoms with Gasteiger partial charge in [0.15, 0.2) is 0 Å². The third kappa shape index (κ3) is 3.59. The summed E-state index contributed by atoms with van der Waals surface area (Å²) in [5, 5.41) is 10.6. The van der Waals surface area contributed by atoms with E-state index >= 15 is 0 Å². The summed E-state index contributed by atoms with van der Waals surface area (Å²) in [7, 11) is 0. The highest BCUT2D eigenvalue weighted by Gasteiger charge is 2.35. The predicted octanol–water partition coefficient (Wildman–Crippen LogP) is 3.63. The van der Waals surface area contributed by atoms with E-state index in [1.54, 1.807) is 36.4 Å². The van der Waals surface area contributed by atoms with Crippen LogP contribution in [0.2, 0.25) is 5.02 Å². The van der Waals surface area contributed by atoms with Gasteiger partial charge in [0.1, 0.15) is 5.82 Å². The Morgan fingerprint density at radius 3 is 2.68 bits per heavy atom. The van der Waals surface area contributed by atoms with Crippen LogP contribution < -0.4 is 10.2 Å². The summed E-state index contributed by atoms with van der Waals surface area (Å²) in [4.78, 5) is 26.1. The zero-order valence-corrected chi connectivity index (χ0v) is 15.2. The van der Waals surface area contributed by atoms with Crippen LogP contribution >= 0.6 is 11.6 Å². The zero-order valence-electron chi connectivity index (χ0n) is 14.4. The molecule has 1 N–H and O–H groups in total. The molecule has 2 amide bonds. The van der Waals surface area contributed by atoms with E-state index in [1.165, 1.54) is 17.0 Å². The first-order valence-corrected chi connectivity index (χ1v) is 8.84. The number of halogens is 2. The van der Waals surface area contributed by atoms with E-state index in [-0.39, 0.29) is 41.5 Å². The fourth-order valence-electron chi connectivity index (χ4n) is 3.00. The molecule has 0 saturated carbocycles. The van der Waals surface area contributed by atoms with E-state index in [9.17, 15) is 14.0 Å². The van der Waals surface area contributed by atoms with Gasteiger partial charge in [0.05, 0.1) is 16.5 Å². The maximum atomic E-state index is 13.1. The number of nitrogens with one attached hydrogen (secondary N) is 1. The standard InChI is InChI=1S/C19H14ClFN4O3/c20-15-4-2-1-3-14(15)17(27)22-19-24-23-18(28-19)11-9-16(26)25(10-11)13-7-5-12(21)6-8-13/h1-8,11H,9-10H2,(H,22,24,27)/t11-/m0/s1. The van der Waals surface area contributed by atoms with Crippen molar-refractivity contribution in [3.63, 3.8) is 0 Å². The van der Waals surface area contributed by atoms with Crippen LogP contribution in [-0.2, 0) is 4.79 Å². The molecule has 3 aromatic rings. The summed E-state index contributed by atoms with van der Waals surface area (Å²) in [6, 6.07) is 12.2. The van der Waals surface area contributed by atoms with Crippen LogP contribution in [0.25, 0.3) is 0 Å². The van der Waals surface area contributed by atoms with Crippen molar-refractivity contribution >= 4 is 35.1 Å². The monoisotopic (exact) mass is 400 g/mol. The van der Waals surface area contributed by atoms with Gasteiger partial charge in [-0.1, -0.05) is 28.8 Å². The fourth-order valence-corrected chi connectivity index (χ4v) is 3.23. The largest absolute Gasteiger partial charge is 0.407 e. The summed E-state index contributed by atoms with van der Waals surface area (Å²) in [5.74, 6) is -1.06. The lowest BCUT2D eigenvalue weighted by Gasteiger charge is -2.15. The van der Waals surface area contributed by atoms with Crippen molar-refractivity contribution in [3.05, 3.63) is 70.8 Å². The molecule has 0 radical (unpaired) electrons. The van der Waals surface area contributed by atoms with E-state index in [2.05, 4.69) is 15.5 Å². The SMILES string of the molecule is O=C(Nc1nnc([C@H]2CC(=O)N(c3ccc(F)cc3)C2)o1)c1ccccc1Cl. The van der Waals surface area contributed by atoms with Crippen molar-refractivity contribution in [1.82, 2.24) is 10.2 Å². The molecule has 1 aliphatic heterocycles. The molecule has 0 bridgehead atoms. The summed E-state index contributed by atoms with van der Waals surface area (Å²) < 4.78 is 18.6. The van der Waals surface area contributed by atoms with Crippen molar-refractivity contribution in [2.24, 2.45) is 0 Å². The van der Waals surface area contributed by atoms with Gasteiger partial charge >= 0.3 is 6.01 Å². The molecule has 9 heteroatoms. The Balaban J connectivity index is 1.46. The number of carbonyl (C=O) groups excluding carboxylic acids is 2. The predicted molar refractivity (Wildman–Crippen MR) is 99.8 cm³/mol. The van der Waals surface area contributed by atoms with Gasteiger partial charge in [0.2, 0.25) is 11.8 Å². The first kappa shape index (κ1) is 18.1. The average Bonchev–Trinajstić information content (AvgIpc) is 3.29. The number of nitrogens with zero attached hydrogens (tertiary/aromatic N) is 3. The number of rotatable bonds is 4. The second-order valence-electron chi connectivity index (χ2n) is 6.26. The van der Waals surface area contributed by atoms with Crippen molar-refractivity contribution < 1.29 is 18.4 Å². The van der Waals surface area contributed by atoms with Crippen LogP contribution in [0.15, 0.2) is 52.9 Å². The van der Waals surface area contributed by atoms with Gasteiger partial charge in [-0.05, 0) is 36.4 Å². The van der Waals surface area contributed by atoms with Crippen LogP contribution in [0, 0.1) is 5.82 Å². The molecule has 4 rings (SSSR count). The molecule has 7 nitrogen and oxygen atoms in total. The Labute approximate surface area is 164 Å². The molecule has 0 aliphatic carbocycles. The molecule has 1 saturated heterocycles. The molecular formula is C19H14ClFN4O3. The van der Waals surface area contributed by atoms with Crippen LogP contribution in [0.1, 0.15) is 28.6 Å². The average molecular weight is 401 g/mol. The smallest absolute Gasteiger partial charge is 0.322 e. The number of anilines is 2. The van der Waals surface area contributed by atoms with Crippen molar-refractivity contribution in [2.75, 3.05) is 16.8 Å². The third-order valence-electron chi connectivity index (χ3n) is 4.39. The first-order valence-electron chi connectivity index (χ1n) is 8.46. The molecule has 1 aliphatic rings. The van der Waals surface area contributed by atoms with Gasteiger partial charge in [0, 0.05) is 18.7 Å². The quantitative estimate of drug-likeness (QED) is 0.722. The molecule has 1 atom stereocenters. The van der Waals surface area contributed by atoms with Gasteiger partial charge in [-0.25, -0.2) is 4.39 Å². The zero-order chi connectivity index (χ0) is 19.7. The maximum absolute atomic E-state index is 13.1. The molecule has 0 unspecified atom stereocenters. The van der Waals surface area contributed by atoms with E-state index in [1.807, 2.05) is 0 Å². The molecule has 1 fully saturated rings. The van der Waals surface area contributed by atoms with Gasteiger partial charge in [-0.3, -0.25) is 14.9 Å². The number of hydrogen-bond donors (Lipinski definition) is 1. The van der Waals surface area contributed by atoms with Gasteiger partial charge in [-0.2, -0.15) is 0 Å². The maximum Gasteiger partial charge on any atom is 0.322 e. The summed E-state index contributed by atoms with van der Waals surface area (Å²) >= 11 is 6.00. The highest BCUT2D eigenvalue weighted by Crippen LogP contribution is 2.31. The minimum atomic E-state index is -0.476. The Bertz CT molecular complexity index is 1040. The van der Waals surface area contributed by atoms with Gasteiger partial charge < -0.3 is 9.32 Å². The Kier molecular flexibility index (Phi) is 4.79. The number of benzene rings is 2. The first-order chi connectivity index (χ1) is 13.5. The molecule has 142 valence electrons. The van der Waals surface area contributed by atoms with Crippen molar-refractivity contribution in [3.8, 4) is 0 Å². The molecular weight excluding hydrogens is 387 g/mol. The minimum absolute atomic E-state index is 0.0763. The van der Waals surface area contributed by atoms with Crippen LogP contribution in [-0.4, -0.2) is 28.6 Å². The lowest BCUT2D eigenvalue weighted by Crippen LogP contribution is -2.24. The Hall–Kier alpha value is -3.26. The second kappa shape index (κ2) is 7.40. The van der Waals surface area contributed by atoms with Gasteiger partial charge in [-0.15, -0.1) is 5.10 Å². The third-order valence-corrected chi connectivity index (χ3v) is 4.72. The lowest BCUT2D eigenvalue weighted by molar-refractivity contribution is -0.117. The molecule has 2 heterocycles. The van der Waals surface area contributed by atoms with Gasteiger partial charge in [0.25, 0.3) is 5.91 Å². The number of carbonyl (C=O) groups is 2. The number of amides is 2. The summed E-state index contributed by atoms with van der Waals surface area (Å²) in [5.41, 5.74) is 0.878. The minimum Gasteiger partial charge on any atom is -0.407 e. The highest BCUT2D eigenvalue weighted by atomic mass is 35.5. The second-order valence-corrected chi connectivity index (χ2v) is 6.67. The molecule has 0 spiro atoms. The normalized spacial score (nSPS) is 16.4. The molecule has 1 aromatic heterocycles. The van der Waals surface area contributed by atoms with Crippen LogP contribution in [0.3, 0.4) is 0 Å². The lowest BCUT2D eigenvalue weighted by atomic mass is 10.1. The highest BCUT2D eigenvalue weighted by molar-refractivity contribution is 6.34. The van der Waals surface area contributed by atoms with Crippen LogP contribution in [0.4, 0.5) is 16.1 Å². The van der Waals surface area contributed by atoms with Crippen molar-refractivity contribution in [1.29, 1.82) is 0 Å². The van der Waals surface area contributed by atoms with E-state index < -0.39 is 5.91 Å². The molecule has 2 aromatic carbocycles. The Morgan fingerprint density at radius 2 is 1.93 bits per heavy atom. The summed E-state index contributed by atoms with van der Waals surface area (Å²) in [6.07, 6.45) is 0.178. The number of aromatic nitrogens is 2. The van der Waals surface area contributed by atoms with Crippen LogP contribution in [0.5, 0.6) is 0 Å². The topological polar surface area (TPSA) is 88.3 Å².